The van der Waals surface area contributed by atoms with Crippen LogP contribution >= 0.6 is 11.6 Å². The first kappa shape index (κ1) is 20.3. The van der Waals surface area contributed by atoms with E-state index in [1.54, 1.807) is 6.07 Å². The van der Waals surface area contributed by atoms with E-state index in [4.69, 9.17) is 16.3 Å². The molecule has 6 nitrogen and oxygen atoms in total. The maximum Gasteiger partial charge on any atom is 0.251 e. The number of nitrogens with one attached hydrogen (secondary N) is 1. The van der Waals surface area contributed by atoms with Crippen molar-refractivity contribution < 1.29 is 17.9 Å². The topological polar surface area (TPSA) is 75.7 Å². The fourth-order valence-electron chi connectivity index (χ4n) is 3.91. The molecule has 1 fully saturated rings. The van der Waals surface area contributed by atoms with E-state index in [1.165, 1.54) is 22.0 Å². The zero-order valence-electron chi connectivity index (χ0n) is 15.9. The molecule has 4 rings (SSSR count). The van der Waals surface area contributed by atoms with Gasteiger partial charge in [0.05, 0.1) is 24.3 Å². The molecule has 0 aromatic heterocycles. The second-order valence-corrected chi connectivity index (χ2v) is 9.59. The van der Waals surface area contributed by atoms with Gasteiger partial charge in [-0.15, -0.1) is 0 Å². The Bertz CT molecular complexity index is 1020. The van der Waals surface area contributed by atoms with Crippen molar-refractivity contribution in [2.75, 3.05) is 26.3 Å². The second kappa shape index (κ2) is 8.44. The van der Waals surface area contributed by atoms with E-state index in [2.05, 4.69) is 11.4 Å². The van der Waals surface area contributed by atoms with Crippen molar-refractivity contribution >= 4 is 27.5 Å². The molecule has 8 heteroatoms. The molecule has 0 saturated carbocycles. The van der Waals surface area contributed by atoms with Gasteiger partial charge in [0.25, 0.3) is 5.91 Å². The summed E-state index contributed by atoms with van der Waals surface area (Å²) in [5, 5.41) is 3.17. The summed E-state index contributed by atoms with van der Waals surface area (Å²) in [5.74, 6) is -0.304. The predicted molar refractivity (Wildman–Crippen MR) is 111 cm³/mol. The van der Waals surface area contributed by atoms with Crippen LogP contribution in [0.5, 0.6) is 0 Å². The first-order chi connectivity index (χ1) is 14.0. The third-order valence-corrected chi connectivity index (χ3v) is 7.84. The van der Waals surface area contributed by atoms with Crippen molar-refractivity contribution in [2.24, 2.45) is 0 Å². The van der Waals surface area contributed by atoms with Crippen LogP contribution in [-0.2, 0) is 21.2 Å². The number of halogens is 1. The molecule has 0 bridgehead atoms. The second-order valence-electron chi connectivity index (χ2n) is 7.28. The smallest absolute Gasteiger partial charge is 0.251 e. The summed E-state index contributed by atoms with van der Waals surface area (Å²) in [5.41, 5.74) is 2.65. The monoisotopic (exact) mass is 434 g/mol. The highest BCUT2D eigenvalue weighted by atomic mass is 35.5. The minimum Gasteiger partial charge on any atom is -0.379 e. The van der Waals surface area contributed by atoms with Crippen LogP contribution in [0.15, 0.2) is 47.4 Å². The van der Waals surface area contributed by atoms with Crippen molar-refractivity contribution in [3.8, 4) is 0 Å². The Morgan fingerprint density at radius 2 is 1.90 bits per heavy atom. The normalized spacial score (nSPS) is 20.1. The van der Waals surface area contributed by atoms with Crippen LogP contribution in [0.2, 0.25) is 5.02 Å². The number of ether oxygens (including phenoxy) is 1. The van der Waals surface area contributed by atoms with Gasteiger partial charge < -0.3 is 10.1 Å². The molecule has 29 heavy (non-hydrogen) atoms. The number of amides is 1. The molecular weight excluding hydrogens is 412 g/mol. The Balaban J connectivity index is 1.58. The van der Waals surface area contributed by atoms with E-state index >= 15 is 0 Å². The highest BCUT2D eigenvalue weighted by Gasteiger charge is 2.29. The van der Waals surface area contributed by atoms with Crippen molar-refractivity contribution in [2.45, 2.75) is 30.2 Å². The Morgan fingerprint density at radius 1 is 1.14 bits per heavy atom. The van der Waals surface area contributed by atoms with Gasteiger partial charge in [0.15, 0.2) is 0 Å². The fourth-order valence-corrected chi connectivity index (χ4v) is 5.82. The minimum atomic E-state index is -3.79. The average Bonchev–Trinajstić information content (AvgIpc) is 2.75. The minimum absolute atomic E-state index is 0.0437. The summed E-state index contributed by atoms with van der Waals surface area (Å²) >= 11 is 6.19. The average molecular weight is 435 g/mol. The Kier molecular flexibility index (Phi) is 5.92. The van der Waals surface area contributed by atoms with Gasteiger partial charge in [-0.3, -0.25) is 4.79 Å². The highest BCUT2D eigenvalue weighted by Crippen LogP contribution is 2.30. The molecule has 1 amide bonds. The molecule has 1 saturated heterocycles. The summed E-state index contributed by atoms with van der Waals surface area (Å²) in [4.78, 5) is 12.9. The van der Waals surface area contributed by atoms with Crippen molar-refractivity contribution in [1.82, 2.24) is 9.62 Å². The van der Waals surface area contributed by atoms with Crippen LogP contribution in [0, 0.1) is 0 Å². The molecule has 2 aliphatic rings. The van der Waals surface area contributed by atoms with Crippen molar-refractivity contribution in [3.63, 3.8) is 0 Å². The number of aryl methyl sites for hydroxylation is 1. The molecule has 1 aliphatic heterocycles. The molecule has 1 N–H and O–H groups in total. The molecule has 1 atom stereocenters. The van der Waals surface area contributed by atoms with Gasteiger partial charge >= 0.3 is 0 Å². The van der Waals surface area contributed by atoms with Crippen LogP contribution in [-0.4, -0.2) is 44.9 Å². The van der Waals surface area contributed by atoms with Gasteiger partial charge in [0, 0.05) is 18.7 Å². The molecule has 2 aromatic rings. The summed E-state index contributed by atoms with van der Waals surface area (Å²) in [7, 11) is -3.79. The summed E-state index contributed by atoms with van der Waals surface area (Å²) in [6.45, 7) is 1.23. The lowest BCUT2D eigenvalue weighted by atomic mass is 9.87. The van der Waals surface area contributed by atoms with Crippen LogP contribution in [0.1, 0.15) is 40.4 Å². The Morgan fingerprint density at radius 3 is 2.69 bits per heavy atom. The maximum absolute atomic E-state index is 13.0. The number of morpholine rings is 1. The summed E-state index contributed by atoms with van der Waals surface area (Å²) < 4.78 is 32.6. The third kappa shape index (κ3) is 4.19. The summed E-state index contributed by atoms with van der Waals surface area (Å²) in [6.07, 6.45) is 2.86. The van der Waals surface area contributed by atoms with E-state index < -0.39 is 10.0 Å². The van der Waals surface area contributed by atoms with Gasteiger partial charge in [0.1, 0.15) is 4.90 Å². The van der Waals surface area contributed by atoms with E-state index in [0.29, 0.717) is 13.2 Å². The largest absolute Gasteiger partial charge is 0.379 e. The predicted octanol–water partition coefficient (Wildman–Crippen LogP) is 3.17. The molecular formula is C21H23ClN2O4S. The molecule has 2 aromatic carbocycles. The lowest BCUT2D eigenvalue weighted by molar-refractivity contribution is 0.0730. The van der Waals surface area contributed by atoms with Crippen LogP contribution in [0.3, 0.4) is 0 Å². The van der Waals surface area contributed by atoms with E-state index in [1.807, 2.05) is 18.2 Å². The molecule has 1 heterocycles. The Labute approximate surface area is 175 Å². The first-order valence-corrected chi connectivity index (χ1v) is 11.5. The lowest BCUT2D eigenvalue weighted by Crippen LogP contribution is -2.40. The number of rotatable bonds is 4. The number of hydrogen-bond acceptors (Lipinski definition) is 4. The quantitative estimate of drug-likeness (QED) is 0.801. The molecule has 154 valence electrons. The molecule has 1 aliphatic carbocycles. The zero-order chi connectivity index (χ0) is 20.4. The lowest BCUT2D eigenvalue weighted by Gasteiger charge is -2.27. The van der Waals surface area contributed by atoms with Gasteiger partial charge in [0.2, 0.25) is 10.0 Å². The van der Waals surface area contributed by atoms with Crippen LogP contribution < -0.4 is 5.32 Å². The van der Waals surface area contributed by atoms with Crippen LogP contribution in [0.25, 0.3) is 0 Å². The first-order valence-electron chi connectivity index (χ1n) is 9.73. The zero-order valence-corrected chi connectivity index (χ0v) is 17.5. The van der Waals surface area contributed by atoms with Gasteiger partial charge in [-0.25, -0.2) is 8.42 Å². The van der Waals surface area contributed by atoms with Crippen molar-refractivity contribution in [3.05, 3.63) is 64.2 Å². The molecule has 0 spiro atoms. The van der Waals surface area contributed by atoms with E-state index in [9.17, 15) is 13.2 Å². The van der Waals surface area contributed by atoms with E-state index in [0.717, 1.165) is 24.8 Å². The number of benzene rings is 2. The van der Waals surface area contributed by atoms with Crippen molar-refractivity contribution in [1.29, 1.82) is 0 Å². The molecule has 0 radical (unpaired) electrons. The SMILES string of the molecule is O=C(N[C@@H]1CCCc2ccccc21)c1ccc(Cl)c(S(=O)(=O)N2CCOCC2)c1. The summed E-state index contributed by atoms with van der Waals surface area (Å²) in [6, 6.07) is 12.4. The van der Waals surface area contributed by atoms with Gasteiger partial charge in [-0.05, 0) is 48.6 Å². The number of fused-ring (bicyclic) bond motifs is 1. The number of carbonyl (C=O) groups excluding carboxylic acids is 1. The standard InChI is InChI=1S/C21H23ClN2O4S/c22-18-9-8-16(14-20(18)29(26,27)24-10-12-28-13-11-24)21(25)23-19-7-3-5-15-4-1-2-6-17(15)19/h1-2,4,6,8-9,14,19H,3,5,7,10-13H2,(H,23,25)/t19-/m1/s1. The number of sulfonamides is 1. The molecule has 0 unspecified atom stereocenters. The van der Waals surface area contributed by atoms with Crippen LogP contribution in [0.4, 0.5) is 0 Å². The number of carbonyl (C=O) groups is 1. The van der Waals surface area contributed by atoms with Gasteiger partial charge in [-0.2, -0.15) is 4.31 Å². The number of hydrogen-bond donors (Lipinski definition) is 1. The van der Waals surface area contributed by atoms with Gasteiger partial charge in [-0.1, -0.05) is 35.9 Å². The number of nitrogens with zero attached hydrogens (tertiary/aromatic N) is 1. The van der Waals surface area contributed by atoms with E-state index in [-0.39, 0.29) is 40.5 Å². The maximum atomic E-state index is 13.0. The highest BCUT2D eigenvalue weighted by molar-refractivity contribution is 7.89. The Hall–Kier alpha value is -1.93. The third-order valence-electron chi connectivity index (χ3n) is 5.46. The fraction of sp³-hybridized carbons (Fsp3) is 0.381.